The second-order valence-corrected chi connectivity index (χ2v) is 6.33. The number of aryl methyl sites for hydroxylation is 1. The molecule has 1 atom stereocenters. The molecule has 2 aromatic rings. The number of hydrogen-bond acceptors (Lipinski definition) is 1. The summed E-state index contributed by atoms with van der Waals surface area (Å²) in [4.78, 5) is 14.9. The monoisotopic (exact) mass is 377 g/mol. The van der Waals surface area contributed by atoms with E-state index in [1.807, 2.05) is 41.3 Å². The van der Waals surface area contributed by atoms with Crippen molar-refractivity contribution in [3.63, 3.8) is 0 Å². The lowest BCUT2D eigenvalue weighted by Crippen LogP contribution is -2.42. The second-order valence-electron chi connectivity index (χ2n) is 5.17. The van der Waals surface area contributed by atoms with E-state index in [0.29, 0.717) is 0 Å². The molecule has 1 unspecified atom stereocenters. The fraction of sp³-hybridized carbons (Fsp3) is 0.235. The maximum absolute atomic E-state index is 12.9. The number of fused-ring (bicyclic) bond motifs is 1. The summed E-state index contributed by atoms with van der Waals surface area (Å²) in [5.41, 5.74) is 3.12. The van der Waals surface area contributed by atoms with Gasteiger partial charge in [0.1, 0.15) is 0 Å². The summed E-state index contributed by atoms with van der Waals surface area (Å²) in [6.45, 7) is 2.13. The largest absolute Gasteiger partial charge is 0.305 e. The number of rotatable bonds is 1. The van der Waals surface area contributed by atoms with Gasteiger partial charge in [-0.2, -0.15) is 0 Å². The summed E-state index contributed by atoms with van der Waals surface area (Å²) in [5, 5.41) is 0. The van der Waals surface area contributed by atoms with E-state index in [9.17, 15) is 4.79 Å². The highest BCUT2D eigenvalue weighted by atomic mass is 127. The minimum Gasteiger partial charge on any atom is -0.305 e. The van der Waals surface area contributed by atoms with E-state index < -0.39 is 0 Å². The highest BCUT2D eigenvalue weighted by Gasteiger charge is 2.29. The van der Waals surface area contributed by atoms with Gasteiger partial charge >= 0.3 is 0 Å². The van der Waals surface area contributed by atoms with Crippen molar-refractivity contribution < 1.29 is 4.79 Å². The first-order valence-corrected chi connectivity index (χ1v) is 7.92. The van der Waals surface area contributed by atoms with Crippen molar-refractivity contribution in [3.8, 4) is 0 Å². The standard InChI is InChI=1S/C17H16INO/c1-12-10-11-13-6-2-5-9-16(13)19(12)17(20)14-7-3-4-8-15(14)18/h2-9,12H,10-11H2,1H3. The normalized spacial score (nSPS) is 17.7. The summed E-state index contributed by atoms with van der Waals surface area (Å²) in [6.07, 6.45) is 2.07. The topological polar surface area (TPSA) is 20.3 Å². The molecule has 20 heavy (non-hydrogen) atoms. The number of para-hydroxylation sites is 1. The lowest BCUT2D eigenvalue weighted by molar-refractivity contribution is 0.0974. The molecule has 1 aliphatic heterocycles. The lowest BCUT2D eigenvalue weighted by Gasteiger charge is -2.35. The zero-order chi connectivity index (χ0) is 14.1. The molecule has 0 radical (unpaired) electrons. The van der Waals surface area contributed by atoms with Crippen LogP contribution in [0.3, 0.4) is 0 Å². The predicted octanol–water partition coefficient (Wildman–Crippen LogP) is 4.27. The molecular weight excluding hydrogens is 361 g/mol. The molecule has 1 amide bonds. The van der Waals surface area contributed by atoms with Gasteiger partial charge in [-0.1, -0.05) is 30.3 Å². The number of hydrogen-bond donors (Lipinski definition) is 0. The van der Waals surface area contributed by atoms with Gasteiger partial charge in [-0.25, -0.2) is 0 Å². The Morgan fingerprint density at radius 2 is 1.85 bits per heavy atom. The summed E-state index contributed by atoms with van der Waals surface area (Å²) < 4.78 is 1.00. The zero-order valence-electron chi connectivity index (χ0n) is 11.3. The van der Waals surface area contributed by atoms with Crippen molar-refractivity contribution in [2.24, 2.45) is 0 Å². The van der Waals surface area contributed by atoms with Crippen LogP contribution in [-0.2, 0) is 6.42 Å². The van der Waals surface area contributed by atoms with Gasteiger partial charge < -0.3 is 4.90 Å². The van der Waals surface area contributed by atoms with Crippen LogP contribution < -0.4 is 4.90 Å². The Bertz CT molecular complexity index is 653. The van der Waals surface area contributed by atoms with E-state index in [1.54, 1.807) is 0 Å². The Labute approximate surface area is 132 Å². The molecule has 2 nitrogen and oxygen atoms in total. The van der Waals surface area contributed by atoms with Crippen molar-refractivity contribution in [2.75, 3.05) is 4.90 Å². The van der Waals surface area contributed by atoms with Gasteiger partial charge in [-0.3, -0.25) is 4.79 Å². The molecule has 0 N–H and O–H groups in total. The molecule has 1 aliphatic rings. The second kappa shape index (κ2) is 5.56. The molecule has 2 aromatic carbocycles. The average Bonchev–Trinajstić information content (AvgIpc) is 2.47. The third-order valence-corrected chi connectivity index (χ3v) is 4.79. The van der Waals surface area contributed by atoms with Crippen LogP contribution in [-0.4, -0.2) is 11.9 Å². The fourth-order valence-electron chi connectivity index (χ4n) is 2.76. The Hall–Kier alpha value is -1.36. The van der Waals surface area contributed by atoms with Crippen molar-refractivity contribution in [1.29, 1.82) is 0 Å². The third-order valence-electron chi connectivity index (χ3n) is 3.85. The van der Waals surface area contributed by atoms with Gasteiger partial charge in [0.15, 0.2) is 0 Å². The molecule has 0 bridgehead atoms. The average molecular weight is 377 g/mol. The summed E-state index contributed by atoms with van der Waals surface area (Å²) in [5.74, 6) is 0.106. The van der Waals surface area contributed by atoms with E-state index in [0.717, 1.165) is 27.7 Å². The Balaban J connectivity index is 2.05. The predicted molar refractivity (Wildman–Crippen MR) is 90.2 cm³/mol. The van der Waals surface area contributed by atoms with Crippen LogP contribution in [0.5, 0.6) is 0 Å². The van der Waals surface area contributed by atoms with Crippen LogP contribution in [0.25, 0.3) is 0 Å². The Morgan fingerprint density at radius 3 is 2.65 bits per heavy atom. The molecule has 0 saturated heterocycles. The summed E-state index contributed by atoms with van der Waals surface area (Å²) in [6, 6.07) is 16.3. The van der Waals surface area contributed by atoms with Crippen LogP contribution in [0, 0.1) is 3.57 Å². The van der Waals surface area contributed by atoms with Gasteiger partial charge in [0.2, 0.25) is 0 Å². The van der Waals surface area contributed by atoms with Crippen LogP contribution in [0.2, 0.25) is 0 Å². The van der Waals surface area contributed by atoms with Crippen LogP contribution in [0.1, 0.15) is 29.3 Å². The highest BCUT2D eigenvalue weighted by Crippen LogP contribution is 2.32. The molecule has 3 heteroatoms. The SMILES string of the molecule is CC1CCc2ccccc2N1C(=O)c1ccccc1I. The Morgan fingerprint density at radius 1 is 1.15 bits per heavy atom. The smallest absolute Gasteiger partial charge is 0.259 e. The molecule has 0 aliphatic carbocycles. The molecule has 0 spiro atoms. The van der Waals surface area contributed by atoms with Gasteiger partial charge in [0, 0.05) is 15.3 Å². The molecule has 0 saturated carbocycles. The fourth-order valence-corrected chi connectivity index (χ4v) is 3.38. The van der Waals surface area contributed by atoms with E-state index in [2.05, 4.69) is 41.6 Å². The molecule has 1 heterocycles. The maximum Gasteiger partial charge on any atom is 0.259 e. The van der Waals surface area contributed by atoms with Crippen LogP contribution in [0.4, 0.5) is 5.69 Å². The van der Waals surface area contributed by atoms with E-state index >= 15 is 0 Å². The van der Waals surface area contributed by atoms with Crippen molar-refractivity contribution in [1.82, 2.24) is 0 Å². The number of carbonyl (C=O) groups excluding carboxylic acids is 1. The van der Waals surface area contributed by atoms with E-state index in [1.165, 1.54) is 5.56 Å². The summed E-state index contributed by atoms with van der Waals surface area (Å²) in [7, 11) is 0. The number of anilines is 1. The number of halogens is 1. The number of amides is 1. The Kier molecular flexibility index (Phi) is 3.78. The molecule has 3 rings (SSSR count). The molecular formula is C17H16INO. The minimum atomic E-state index is 0.106. The number of benzene rings is 2. The number of nitrogens with zero attached hydrogens (tertiary/aromatic N) is 1. The zero-order valence-corrected chi connectivity index (χ0v) is 13.5. The first kappa shape index (κ1) is 13.6. The van der Waals surface area contributed by atoms with Crippen LogP contribution >= 0.6 is 22.6 Å². The van der Waals surface area contributed by atoms with Gasteiger partial charge in [-0.15, -0.1) is 0 Å². The van der Waals surface area contributed by atoms with Crippen LogP contribution in [0.15, 0.2) is 48.5 Å². The highest BCUT2D eigenvalue weighted by molar-refractivity contribution is 14.1. The quantitative estimate of drug-likeness (QED) is 0.680. The lowest BCUT2D eigenvalue weighted by atomic mass is 9.96. The third kappa shape index (κ3) is 2.35. The maximum atomic E-state index is 12.9. The molecule has 0 fully saturated rings. The van der Waals surface area contributed by atoms with E-state index in [-0.39, 0.29) is 11.9 Å². The first-order chi connectivity index (χ1) is 9.68. The molecule has 102 valence electrons. The summed E-state index contributed by atoms with van der Waals surface area (Å²) >= 11 is 2.23. The van der Waals surface area contributed by atoms with Crippen molar-refractivity contribution in [3.05, 3.63) is 63.2 Å². The van der Waals surface area contributed by atoms with Gasteiger partial charge in [0.25, 0.3) is 5.91 Å². The van der Waals surface area contributed by atoms with Crippen molar-refractivity contribution >= 4 is 34.2 Å². The first-order valence-electron chi connectivity index (χ1n) is 6.84. The minimum absolute atomic E-state index is 0.106. The van der Waals surface area contributed by atoms with Crippen molar-refractivity contribution in [2.45, 2.75) is 25.8 Å². The number of carbonyl (C=O) groups is 1. The molecule has 0 aromatic heterocycles. The van der Waals surface area contributed by atoms with E-state index in [4.69, 9.17) is 0 Å². The van der Waals surface area contributed by atoms with Gasteiger partial charge in [-0.05, 0) is 66.1 Å². The van der Waals surface area contributed by atoms with Gasteiger partial charge in [0.05, 0.1) is 5.56 Å².